The van der Waals surface area contributed by atoms with Gasteiger partial charge in [-0.05, 0) is 18.2 Å². The normalized spacial score (nSPS) is 11.5. The van der Waals surface area contributed by atoms with Crippen LogP contribution >= 0.6 is 0 Å². The van der Waals surface area contributed by atoms with Crippen molar-refractivity contribution >= 4 is 46.3 Å². The molecule has 1 aromatic carbocycles. The molecule has 0 radical (unpaired) electrons. The van der Waals surface area contributed by atoms with E-state index in [2.05, 4.69) is 0 Å². The SMILES string of the molecule is COc1ccc(S(=O)O)cc1N.[NaH]. The summed E-state index contributed by atoms with van der Waals surface area (Å²) in [6.07, 6.45) is 0. The number of rotatable bonds is 2. The third-order valence-electron chi connectivity index (χ3n) is 1.40. The molecule has 0 heterocycles. The van der Waals surface area contributed by atoms with Gasteiger partial charge in [0.1, 0.15) is 5.75 Å². The first-order valence-electron chi connectivity index (χ1n) is 3.19. The van der Waals surface area contributed by atoms with Crippen LogP contribution in [-0.4, -0.2) is 45.4 Å². The second-order valence-electron chi connectivity index (χ2n) is 2.15. The quantitative estimate of drug-likeness (QED) is 0.416. The van der Waals surface area contributed by atoms with Gasteiger partial charge in [-0.25, -0.2) is 4.21 Å². The minimum atomic E-state index is -1.99. The van der Waals surface area contributed by atoms with E-state index >= 15 is 0 Å². The summed E-state index contributed by atoms with van der Waals surface area (Å²) in [5, 5.41) is 0. The Labute approximate surface area is 101 Å². The van der Waals surface area contributed by atoms with Gasteiger partial charge < -0.3 is 15.0 Å². The van der Waals surface area contributed by atoms with Crippen molar-refractivity contribution in [2.24, 2.45) is 0 Å². The molecule has 1 rings (SSSR count). The minimum absolute atomic E-state index is 0. The van der Waals surface area contributed by atoms with Crippen molar-refractivity contribution < 1.29 is 13.5 Å². The van der Waals surface area contributed by atoms with Crippen molar-refractivity contribution in [3.05, 3.63) is 18.2 Å². The molecule has 68 valence electrons. The molecule has 0 spiro atoms. The molecule has 1 atom stereocenters. The van der Waals surface area contributed by atoms with E-state index in [0.29, 0.717) is 11.4 Å². The average molecular weight is 211 g/mol. The molecule has 0 bridgehead atoms. The molecule has 1 aromatic rings. The summed E-state index contributed by atoms with van der Waals surface area (Å²) in [6.45, 7) is 0. The van der Waals surface area contributed by atoms with Gasteiger partial charge in [0.25, 0.3) is 0 Å². The van der Waals surface area contributed by atoms with Crippen molar-refractivity contribution in [2.75, 3.05) is 12.8 Å². The summed E-state index contributed by atoms with van der Waals surface area (Å²) >= 11 is -1.99. The predicted molar refractivity (Wildman–Crippen MR) is 53.6 cm³/mol. The summed E-state index contributed by atoms with van der Waals surface area (Å²) < 4.78 is 24.1. The van der Waals surface area contributed by atoms with Crippen LogP contribution in [0.2, 0.25) is 0 Å². The van der Waals surface area contributed by atoms with E-state index < -0.39 is 11.1 Å². The van der Waals surface area contributed by atoms with E-state index in [-0.39, 0.29) is 34.5 Å². The van der Waals surface area contributed by atoms with Crippen LogP contribution in [0.5, 0.6) is 5.75 Å². The number of nitrogen functional groups attached to an aromatic ring is 1. The Bertz CT molecular complexity index is 319. The van der Waals surface area contributed by atoms with Gasteiger partial charge in [0.05, 0.1) is 17.7 Å². The molecular weight excluding hydrogens is 201 g/mol. The second-order valence-corrected chi connectivity index (χ2v) is 3.12. The molecule has 1 unspecified atom stereocenters. The Hall–Kier alpha value is -0.0700. The number of benzene rings is 1. The number of hydrogen-bond acceptors (Lipinski definition) is 3. The monoisotopic (exact) mass is 211 g/mol. The second kappa shape index (κ2) is 5.62. The van der Waals surface area contributed by atoms with Gasteiger partial charge in [0, 0.05) is 0 Å². The first-order chi connectivity index (χ1) is 5.65. The molecule has 0 saturated heterocycles. The molecule has 3 N–H and O–H groups in total. The van der Waals surface area contributed by atoms with Crippen molar-refractivity contribution in [3.8, 4) is 5.75 Å². The van der Waals surface area contributed by atoms with E-state index in [9.17, 15) is 4.21 Å². The average Bonchev–Trinajstić information content (AvgIpc) is 2.04. The van der Waals surface area contributed by atoms with Crippen molar-refractivity contribution in [2.45, 2.75) is 4.90 Å². The molecule has 0 aliphatic carbocycles. The fraction of sp³-hybridized carbons (Fsp3) is 0.143. The molecule has 0 aromatic heterocycles. The summed E-state index contributed by atoms with van der Waals surface area (Å²) in [4.78, 5) is 0.272. The standard InChI is InChI=1S/C7H9NO3S.Na.H/c1-11-7-3-2-5(12(9)10)4-6(7)8;;/h2-4H,8H2,1H3,(H,9,10);;. The Balaban J connectivity index is 0.00000144. The van der Waals surface area contributed by atoms with E-state index in [4.69, 9.17) is 15.0 Å². The van der Waals surface area contributed by atoms with Crippen LogP contribution in [-0.2, 0) is 11.1 Å². The maximum atomic E-state index is 10.6. The van der Waals surface area contributed by atoms with Crippen molar-refractivity contribution in [1.82, 2.24) is 0 Å². The van der Waals surface area contributed by atoms with Crippen LogP contribution in [0, 0.1) is 0 Å². The summed E-state index contributed by atoms with van der Waals surface area (Å²) in [5.74, 6) is 0.504. The van der Waals surface area contributed by atoms with E-state index in [1.165, 1.54) is 19.2 Å². The maximum absolute atomic E-state index is 10.6. The predicted octanol–water partition coefficient (Wildman–Crippen LogP) is 0.209. The van der Waals surface area contributed by atoms with Crippen molar-refractivity contribution in [1.29, 1.82) is 0 Å². The number of ether oxygens (including phenoxy) is 1. The molecule has 6 heteroatoms. The zero-order valence-corrected chi connectivity index (χ0v) is 7.30. The number of nitrogens with two attached hydrogens (primary N) is 1. The zero-order valence-electron chi connectivity index (χ0n) is 6.48. The topological polar surface area (TPSA) is 72.5 Å². The van der Waals surface area contributed by atoms with Crippen LogP contribution < -0.4 is 10.5 Å². The third kappa shape index (κ3) is 3.28. The fourth-order valence-corrected chi connectivity index (χ4v) is 1.23. The molecule has 0 aliphatic heterocycles. The molecule has 0 aliphatic rings. The molecule has 0 amide bonds. The van der Waals surface area contributed by atoms with Gasteiger partial charge in [0.2, 0.25) is 0 Å². The van der Waals surface area contributed by atoms with Crippen LogP contribution in [0.15, 0.2) is 23.1 Å². The van der Waals surface area contributed by atoms with Crippen LogP contribution in [0.3, 0.4) is 0 Å². The molecule has 0 fully saturated rings. The summed E-state index contributed by atoms with van der Waals surface area (Å²) in [7, 11) is 1.49. The molecule has 0 saturated carbocycles. The van der Waals surface area contributed by atoms with E-state index in [1.807, 2.05) is 0 Å². The van der Waals surface area contributed by atoms with Crippen LogP contribution in [0.4, 0.5) is 5.69 Å². The molecule has 13 heavy (non-hydrogen) atoms. The summed E-state index contributed by atoms with van der Waals surface area (Å²) in [5.41, 5.74) is 5.86. The fourth-order valence-electron chi connectivity index (χ4n) is 0.821. The first-order valence-corrected chi connectivity index (χ1v) is 4.30. The zero-order chi connectivity index (χ0) is 9.14. The number of anilines is 1. The molecule has 4 nitrogen and oxygen atoms in total. The Morgan fingerprint density at radius 3 is 2.54 bits per heavy atom. The van der Waals surface area contributed by atoms with Crippen LogP contribution in [0.25, 0.3) is 0 Å². The van der Waals surface area contributed by atoms with Crippen molar-refractivity contribution in [3.63, 3.8) is 0 Å². The Morgan fingerprint density at radius 1 is 1.54 bits per heavy atom. The van der Waals surface area contributed by atoms with Gasteiger partial charge in [-0.3, -0.25) is 0 Å². The van der Waals surface area contributed by atoms with Gasteiger partial charge in [-0.15, -0.1) is 0 Å². The van der Waals surface area contributed by atoms with E-state index in [1.54, 1.807) is 6.07 Å². The van der Waals surface area contributed by atoms with Gasteiger partial charge in [0.15, 0.2) is 11.1 Å². The van der Waals surface area contributed by atoms with E-state index in [0.717, 1.165) is 0 Å². The summed E-state index contributed by atoms with van der Waals surface area (Å²) in [6, 6.07) is 4.46. The van der Waals surface area contributed by atoms with Gasteiger partial charge in [-0.1, -0.05) is 0 Å². The third-order valence-corrected chi connectivity index (χ3v) is 2.06. The first kappa shape index (κ1) is 12.9. The Kier molecular flexibility index (Phi) is 5.59. The van der Waals surface area contributed by atoms with Crippen LogP contribution in [0.1, 0.15) is 0 Å². The van der Waals surface area contributed by atoms with Gasteiger partial charge >= 0.3 is 29.6 Å². The number of hydrogen-bond donors (Lipinski definition) is 2. The number of methoxy groups -OCH3 is 1. The molecular formula is C7H10NNaO3S. The van der Waals surface area contributed by atoms with Gasteiger partial charge in [-0.2, -0.15) is 0 Å². The Morgan fingerprint density at radius 2 is 2.15 bits per heavy atom.